The van der Waals surface area contributed by atoms with Gasteiger partial charge in [0.15, 0.2) is 0 Å². The van der Waals surface area contributed by atoms with Crippen LogP contribution in [0.4, 0.5) is 17.3 Å². The van der Waals surface area contributed by atoms with Crippen molar-refractivity contribution in [1.29, 1.82) is 0 Å². The monoisotopic (exact) mass is 478 g/mol. The number of carbonyl (C=O) groups excluding carboxylic acids is 1. The minimum absolute atomic E-state index is 0.257. The Morgan fingerprint density at radius 2 is 1.51 bits per heavy atom. The number of amides is 1. The topological polar surface area (TPSA) is 66.9 Å². The third-order valence-corrected chi connectivity index (χ3v) is 6.15. The van der Waals surface area contributed by atoms with Gasteiger partial charge in [0, 0.05) is 22.3 Å². The molecule has 0 aliphatic heterocycles. The molecule has 35 heavy (non-hydrogen) atoms. The Hall–Kier alpha value is -4.22. The van der Waals surface area contributed by atoms with Gasteiger partial charge in [-0.1, -0.05) is 78.3 Å². The van der Waals surface area contributed by atoms with E-state index in [0.717, 1.165) is 39.0 Å². The summed E-state index contributed by atoms with van der Waals surface area (Å²) in [5.74, 6) is 0.193. The molecule has 6 heteroatoms. The molecule has 0 fully saturated rings. The summed E-state index contributed by atoms with van der Waals surface area (Å²) in [5.41, 5.74) is 6.55. The van der Waals surface area contributed by atoms with Gasteiger partial charge in [-0.15, -0.1) is 0 Å². The first kappa shape index (κ1) is 22.6. The molecule has 0 aliphatic carbocycles. The molecule has 0 saturated heterocycles. The number of aryl methyl sites for hydroxylation is 2. The van der Waals surface area contributed by atoms with E-state index in [2.05, 4.69) is 15.6 Å². The van der Waals surface area contributed by atoms with Gasteiger partial charge < -0.3 is 10.6 Å². The molecule has 0 bridgehead atoms. The molecule has 1 heterocycles. The van der Waals surface area contributed by atoms with Gasteiger partial charge in [-0.3, -0.25) is 4.79 Å². The number of benzene rings is 4. The van der Waals surface area contributed by atoms with E-state index in [-0.39, 0.29) is 5.91 Å². The summed E-state index contributed by atoms with van der Waals surface area (Å²) in [5, 5.41) is 7.53. The first-order chi connectivity index (χ1) is 17.0. The Labute approximate surface area is 208 Å². The van der Waals surface area contributed by atoms with Crippen molar-refractivity contribution in [3.05, 3.63) is 113 Å². The van der Waals surface area contributed by atoms with Gasteiger partial charge in [0.25, 0.3) is 5.91 Å². The molecule has 1 amide bonds. The summed E-state index contributed by atoms with van der Waals surface area (Å²) < 4.78 is 0. The van der Waals surface area contributed by atoms with Gasteiger partial charge in [0.2, 0.25) is 5.95 Å². The van der Waals surface area contributed by atoms with Crippen LogP contribution in [0.5, 0.6) is 0 Å². The van der Waals surface area contributed by atoms with Crippen molar-refractivity contribution in [2.24, 2.45) is 0 Å². The number of anilines is 3. The normalized spacial score (nSPS) is 10.8. The van der Waals surface area contributed by atoms with Gasteiger partial charge in [-0.2, -0.15) is 0 Å². The fraction of sp³-hybridized carbons (Fsp3) is 0.0690. The zero-order chi connectivity index (χ0) is 24.4. The average molecular weight is 479 g/mol. The molecule has 172 valence electrons. The molecule has 0 aliphatic rings. The van der Waals surface area contributed by atoms with Gasteiger partial charge in [-0.05, 0) is 49.2 Å². The van der Waals surface area contributed by atoms with Crippen LogP contribution >= 0.6 is 11.6 Å². The smallest absolute Gasteiger partial charge is 0.257 e. The molecular formula is C29H23ClN4O. The van der Waals surface area contributed by atoms with Crippen LogP contribution in [-0.2, 0) is 0 Å². The second kappa shape index (κ2) is 9.57. The molecule has 5 aromatic rings. The lowest BCUT2D eigenvalue weighted by atomic mass is 10.1. The van der Waals surface area contributed by atoms with E-state index < -0.39 is 0 Å². The van der Waals surface area contributed by atoms with Crippen molar-refractivity contribution in [3.8, 4) is 11.3 Å². The van der Waals surface area contributed by atoms with Crippen molar-refractivity contribution in [1.82, 2.24) is 9.97 Å². The first-order valence-corrected chi connectivity index (χ1v) is 11.6. The number of carbonyl (C=O) groups is 1. The van der Waals surface area contributed by atoms with E-state index in [0.29, 0.717) is 22.2 Å². The Kier molecular flexibility index (Phi) is 6.17. The summed E-state index contributed by atoms with van der Waals surface area (Å²) in [6, 6.07) is 29.0. The number of hydrogen-bond donors (Lipinski definition) is 2. The Bertz CT molecular complexity index is 1530. The number of hydrogen-bond acceptors (Lipinski definition) is 4. The van der Waals surface area contributed by atoms with Crippen LogP contribution < -0.4 is 10.6 Å². The molecular weight excluding hydrogens is 456 g/mol. The molecule has 2 N–H and O–H groups in total. The number of rotatable bonds is 5. The number of halogens is 1. The first-order valence-electron chi connectivity index (χ1n) is 11.3. The maximum atomic E-state index is 12.9. The minimum atomic E-state index is -0.257. The third kappa shape index (κ3) is 4.72. The van der Waals surface area contributed by atoms with Crippen LogP contribution in [0.3, 0.4) is 0 Å². The van der Waals surface area contributed by atoms with E-state index in [1.54, 1.807) is 18.2 Å². The Balaban J connectivity index is 1.44. The van der Waals surface area contributed by atoms with Crippen LogP contribution in [0.15, 0.2) is 91.0 Å². The molecule has 0 saturated carbocycles. The lowest BCUT2D eigenvalue weighted by Gasteiger charge is -2.13. The van der Waals surface area contributed by atoms with E-state index in [9.17, 15) is 4.79 Å². The molecule has 0 atom stereocenters. The zero-order valence-corrected chi connectivity index (χ0v) is 20.1. The predicted octanol–water partition coefficient (Wildman–Crippen LogP) is 7.56. The van der Waals surface area contributed by atoms with Crippen LogP contribution in [0.25, 0.3) is 22.2 Å². The van der Waals surface area contributed by atoms with E-state index in [1.165, 1.54) is 0 Å². The summed E-state index contributed by atoms with van der Waals surface area (Å²) in [6.45, 7) is 3.93. The van der Waals surface area contributed by atoms with Crippen LogP contribution in [0, 0.1) is 13.8 Å². The zero-order valence-electron chi connectivity index (χ0n) is 19.3. The SMILES string of the molecule is Cc1cccc(C)c1NC(=O)c1ccc(Nc2nc(-c3ccccc3)c3ccccc3n2)cc1Cl. The molecule has 1 aromatic heterocycles. The number of nitrogens with one attached hydrogen (secondary N) is 2. The summed E-state index contributed by atoms with van der Waals surface area (Å²) >= 11 is 6.52. The van der Waals surface area contributed by atoms with E-state index in [1.807, 2.05) is 86.6 Å². The average Bonchev–Trinajstić information content (AvgIpc) is 2.86. The Morgan fingerprint density at radius 1 is 0.800 bits per heavy atom. The second-order valence-electron chi connectivity index (χ2n) is 8.32. The highest BCUT2D eigenvalue weighted by molar-refractivity contribution is 6.34. The van der Waals surface area contributed by atoms with Crippen LogP contribution in [-0.4, -0.2) is 15.9 Å². The Morgan fingerprint density at radius 3 is 2.26 bits per heavy atom. The van der Waals surface area contributed by atoms with Crippen molar-refractivity contribution < 1.29 is 4.79 Å². The molecule has 0 radical (unpaired) electrons. The van der Waals surface area contributed by atoms with Gasteiger partial charge in [0.1, 0.15) is 0 Å². The molecule has 5 nitrogen and oxygen atoms in total. The van der Waals surface area contributed by atoms with E-state index in [4.69, 9.17) is 16.6 Å². The fourth-order valence-corrected chi connectivity index (χ4v) is 4.31. The highest BCUT2D eigenvalue weighted by atomic mass is 35.5. The van der Waals surface area contributed by atoms with Crippen molar-refractivity contribution in [2.45, 2.75) is 13.8 Å². The summed E-state index contributed by atoms with van der Waals surface area (Å²) in [7, 11) is 0. The van der Waals surface area contributed by atoms with Gasteiger partial charge in [0.05, 0.1) is 21.8 Å². The highest BCUT2D eigenvalue weighted by Gasteiger charge is 2.15. The molecule has 0 unspecified atom stereocenters. The lowest BCUT2D eigenvalue weighted by molar-refractivity contribution is 0.102. The maximum Gasteiger partial charge on any atom is 0.257 e. The largest absolute Gasteiger partial charge is 0.324 e. The lowest BCUT2D eigenvalue weighted by Crippen LogP contribution is -2.14. The molecule has 4 aromatic carbocycles. The number of nitrogens with zero attached hydrogens (tertiary/aromatic N) is 2. The second-order valence-corrected chi connectivity index (χ2v) is 8.73. The van der Waals surface area contributed by atoms with Gasteiger partial charge >= 0.3 is 0 Å². The standard InChI is InChI=1S/C29H23ClN4O/c1-18-9-8-10-19(2)26(18)33-28(35)22-16-15-21(17-24(22)30)31-29-32-25-14-7-6-13-23(25)27(34-29)20-11-4-3-5-12-20/h3-17H,1-2H3,(H,33,35)(H,31,32,34). The maximum absolute atomic E-state index is 12.9. The quantitative estimate of drug-likeness (QED) is 0.273. The number of aromatic nitrogens is 2. The summed E-state index contributed by atoms with van der Waals surface area (Å²) in [4.78, 5) is 22.4. The van der Waals surface area contributed by atoms with Gasteiger partial charge in [-0.25, -0.2) is 9.97 Å². The van der Waals surface area contributed by atoms with Crippen molar-refractivity contribution in [3.63, 3.8) is 0 Å². The molecule has 5 rings (SSSR count). The van der Waals surface area contributed by atoms with E-state index >= 15 is 0 Å². The third-order valence-electron chi connectivity index (χ3n) is 5.84. The van der Waals surface area contributed by atoms with Crippen molar-refractivity contribution >= 4 is 45.7 Å². The predicted molar refractivity (Wildman–Crippen MR) is 144 cm³/mol. The number of para-hydroxylation sites is 2. The minimum Gasteiger partial charge on any atom is -0.324 e. The number of fused-ring (bicyclic) bond motifs is 1. The van der Waals surface area contributed by atoms with Crippen molar-refractivity contribution in [2.75, 3.05) is 10.6 Å². The summed E-state index contributed by atoms with van der Waals surface area (Å²) in [6.07, 6.45) is 0. The van der Waals surface area contributed by atoms with Crippen LogP contribution in [0.2, 0.25) is 5.02 Å². The molecule has 0 spiro atoms. The highest BCUT2D eigenvalue weighted by Crippen LogP contribution is 2.29. The van der Waals surface area contributed by atoms with Crippen LogP contribution in [0.1, 0.15) is 21.5 Å². The fourth-order valence-electron chi connectivity index (χ4n) is 4.05.